The van der Waals surface area contributed by atoms with E-state index in [2.05, 4.69) is 154 Å². The van der Waals surface area contributed by atoms with E-state index in [0.717, 1.165) is 140 Å². The Morgan fingerprint density at radius 3 is 0.745 bits per heavy atom. The predicted molar refractivity (Wildman–Crippen MR) is 571 cm³/mol. The van der Waals surface area contributed by atoms with Crippen molar-refractivity contribution in [2.75, 3.05) is 21.3 Å². The van der Waals surface area contributed by atoms with Crippen LogP contribution in [0.3, 0.4) is 0 Å². The van der Waals surface area contributed by atoms with E-state index in [9.17, 15) is 0 Å². The van der Waals surface area contributed by atoms with Gasteiger partial charge in [0.05, 0.1) is 26.9 Å². The highest BCUT2D eigenvalue weighted by atomic mass is 16.7. The summed E-state index contributed by atoms with van der Waals surface area (Å²) in [7, 11) is 5.03. The number of fused-ring (bicyclic) bond motifs is 5. The Kier molecular flexibility index (Phi) is 32.6. The molecule has 0 aliphatic rings. The minimum atomic E-state index is -0.665. The van der Waals surface area contributed by atoms with Gasteiger partial charge in [-0.15, -0.1) is 0 Å². The highest BCUT2D eigenvalue weighted by molar-refractivity contribution is 5.92. The summed E-state index contributed by atoms with van der Waals surface area (Å²) in [6.45, 7) is 20.6. The smallest absolute Gasteiger partial charge is 0.271 e. The molecule has 20 aromatic rings. The molecule has 0 heterocycles. The summed E-state index contributed by atoms with van der Waals surface area (Å²) in [5.74, 6) is 10.1. The number of methoxy groups -OCH3 is 3. The van der Waals surface area contributed by atoms with Gasteiger partial charge in [0, 0.05) is 27.6 Å². The van der Waals surface area contributed by atoms with Crippen LogP contribution in [-0.2, 0) is 0 Å². The lowest BCUT2D eigenvalue weighted by Crippen LogP contribution is -2.16. The van der Waals surface area contributed by atoms with Crippen molar-refractivity contribution in [2.24, 2.45) is 0 Å². The van der Waals surface area contributed by atoms with Crippen molar-refractivity contribution in [1.29, 1.82) is 0 Å². The molecule has 0 bridgehead atoms. The summed E-state index contributed by atoms with van der Waals surface area (Å²) >= 11 is 0. The van der Waals surface area contributed by atoms with Gasteiger partial charge in [-0.05, 0) is 282 Å². The molecule has 0 amide bonds. The van der Waals surface area contributed by atoms with Crippen molar-refractivity contribution in [3.05, 3.63) is 520 Å². The van der Waals surface area contributed by atoms with Gasteiger partial charge in [-0.3, -0.25) is 0 Å². The first-order chi connectivity index (χ1) is 68.7. The molecule has 20 rings (SSSR count). The molecular weight excluding hydrogens is 1750 g/mol. The average molecular weight is 1860 g/mol. The lowest BCUT2D eigenvalue weighted by molar-refractivity contribution is 0.00313. The largest absolute Gasteiger partial charge is 0.497 e. The number of benzene rings is 20. The summed E-state index contributed by atoms with van der Waals surface area (Å²) in [4.78, 5) is 0. The number of hydrogen-bond acceptors (Lipinski definition) is 13. The lowest BCUT2D eigenvalue weighted by Gasteiger charge is -2.24. The van der Waals surface area contributed by atoms with Crippen molar-refractivity contribution >= 4 is 53.9 Å². The number of rotatable bonds is 28. The molecule has 141 heavy (non-hydrogen) atoms. The Labute approximate surface area is 827 Å². The second kappa shape index (κ2) is 47.2. The van der Waals surface area contributed by atoms with Crippen LogP contribution in [-0.4, -0.2) is 21.3 Å². The van der Waals surface area contributed by atoms with Crippen LogP contribution in [0.25, 0.3) is 53.9 Å². The lowest BCUT2D eigenvalue weighted by atomic mass is 10.0. The normalized spacial score (nSPS) is 10.9. The summed E-state index contributed by atoms with van der Waals surface area (Å²) in [5, 5.41) is 11.1. The molecule has 0 saturated heterocycles. The zero-order valence-corrected chi connectivity index (χ0v) is 81.8. The van der Waals surface area contributed by atoms with E-state index in [1.807, 2.05) is 352 Å². The number of ether oxygens (including phenoxy) is 13. The van der Waals surface area contributed by atoms with Crippen LogP contribution < -0.4 is 61.6 Å². The van der Waals surface area contributed by atoms with Crippen molar-refractivity contribution in [2.45, 2.75) is 101 Å². The van der Waals surface area contributed by atoms with Crippen LogP contribution in [0, 0.1) is 69.2 Å². The Morgan fingerprint density at radius 2 is 0.390 bits per heavy atom. The van der Waals surface area contributed by atoms with E-state index in [1.54, 1.807) is 21.3 Å². The van der Waals surface area contributed by atoms with Crippen LogP contribution >= 0.6 is 0 Å². The molecule has 0 radical (unpaired) electrons. The molecule has 0 saturated carbocycles. The minimum absolute atomic E-state index is 0.528. The fourth-order valence-electron chi connectivity index (χ4n) is 15.9. The third-order valence-electron chi connectivity index (χ3n) is 23.9. The third kappa shape index (κ3) is 26.7. The molecule has 0 atom stereocenters. The Balaban J connectivity index is 0.000000127. The van der Waals surface area contributed by atoms with Crippen LogP contribution in [0.1, 0.15) is 115 Å². The molecule has 706 valence electrons. The van der Waals surface area contributed by atoms with Crippen LogP contribution in [0.15, 0.2) is 437 Å². The standard InChI is InChI=1S/3C26H24O3.2C25H22O2/c1-18-4-11-23(12-5-18)28-26(29-24-13-6-19(2)7-14-24)22-9-8-21-17-25(27-3)15-10-20(21)16-22;1-18-8-13-21(14-9-18)28-26(29-22-15-10-19(2)11-16-22)25-23-7-5-4-6-20(23)12-17-24(25)27-3;1-18-8-12-20(13-9-18)28-26(29-21-14-10-19(2)11-15-21)24-16-17-25(27-3)23-7-5-4-6-22(23)24;1-18-10-14-21(15-11-18)26-25(27-22-16-12-19(2)13-17-22)24-9-5-7-20-6-3-4-8-23(20)24;1-18-7-13-23(14-8-18)26-25(27-24-15-9-19(2)10-16-24)22-12-11-20-5-3-4-6-21(20)17-22/h3*4-17,26H,1-3H3;2*3-17,25H,1-2H3. The molecule has 0 N–H and O–H groups in total. The monoisotopic (exact) mass is 1860 g/mol. The van der Waals surface area contributed by atoms with Gasteiger partial charge < -0.3 is 61.6 Å². The topological polar surface area (TPSA) is 120 Å². The Bertz CT molecular complexity index is 7190. The molecule has 0 unspecified atom stereocenters. The quantitative estimate of drug-likeness (QED) is 0.0433. The molecule has 0 fully saturated rings. The third-order valence-corrected chi connectivity index (χ3v) is 23.9. The van der Waals surface area contributed by atoms with Gasteiger partial charge >= 0.3 is 0 Å². The van der Waals surface area contributed by atoms with E-state index in [0.29, 0.717) is 0 Å². The highest BCUT2D eigenvalue weighted by Crippen LogP contribution is 2.42. The van der Waals surface area contributed by atoms with E-state index >= 15 is 0 Å². The second-order valence-corrected chi connectivity index (χ2v) is 34.9. The molecule has 0 spiro atoms. The maximum absolute atomic E-state index is 6.34. The fourth-order valence-corrected chi connectivity index (χ4v) is 15.9. The molecule has 20 aromatic carbocycles. The molecule has 0 aliphatic carbocycles. The van der Waals surface area contributed by atoms with Crippen molar-refractivity contribution in [3.63, 3.8) is 0 Å². The summed E-state index contributed by atoms with van der Waals surface area (Å²) < 4.78 is 79.3. The van der Waals surface area contributed by atoms with Gasteiger partial charge in [0.2, 0.25) is 0 Å². The first-order valence-electron chi connectivity index (χ1n) is 47.2. The summed E-state index contributed by atoms with van der Waals surface area (Å²) in [6.07, 6.45) is -2.90. The predicted octanol–water partition coefficient (Wildman–Crippen LogP) is 33.1. The van der Waals surface area contributed by atoms with Crippen LogP contribution in [0.2, 0.25) is 0 Å². The van der Waals surface area contributed by atoms with E-state index in [4.69, 9.17) is 61.6 Å². The van der Waals surface area contributed by atoms with E-state index in [-0.39, 0.29) is 0 Å². The molecule has 0 aliphatic heterocycles. The second-order valence-electron chi connectivity index (χ2n) is 34.9. The summed E-state index contributed by atoms with van der Waals surface area (Å²) in [5.41, 5.74) is 16.6. The zero-order valence-electron chi connectivity index (χ0n) is 81.8. The first kappa shape index (κ1) is 97.2. The van der Waals surface area contributed by atoms with Gasteiger partial charge in [0.1, 0.15) is 74.7 Å². The number of hydrogen-bond donors (Lipinski definition) is 0. The minimum Gasteiger partial charge on any atom is -0.497 e. The molecule has 13 nitrogen and oxygen atoms in total. The molecular formula is C128H116O13. The summed E-state index contributed by atoms with van der Waals surface area (Å²) in [6, 6.07) is 146. The van der Waals surface area contributed by atoms with Gasteiger partial charge in [-0.1, -0.05) is 329 Å². The number of aryl methyl sites for hydroxylation is 10. The molecule has 13 heteroatoms. The fraction of sp³-hybridized carbons (Fsp3) is 0.141. The van der Waals surface area contributed by atoms with Crippen molar-refractivity contribution < 1.29 is 61.6 Å². The molecule has 0 aromatic heterocycles. The van der Waals surface area contributed by atoms with E-state index in [1.165, 1.54) is 71.8 Å². The maximum atomic E-state index is 6.34. The SMILES string of the molecule is COc1ccc(C(Oc2ccc(C)cc2)Oc2ccc(C)cc2)c2ccccc12.COc1ccc2cc(C(Oc3ccc(C)cc3)Oc3ccc(C)cc3)ccc2c1.COc1ccc2ccccc2c1C(Oc1ccc(C)cc1)Oc1ccc(C)cc1.Cc1ccc(OC(Oc2ccc(C)cc2)c2ccc3ccccc3c2)cc1.Cc1ccc(OC(Oc2ccc(C)cc2)c2cccc3ccccc23)cc1. The van der Waals surface area contributed by atoms with Gasteiger partial charge in [-0.25, -0.2) is 0 Å². The average Bonchev–Trinajstić information content (AvgIpc) is 0.785. The van der Waals surface area contributed by atoms with Crippen molar-refractivity contribution in [3.8, 4) is 74.7 Å². The zero-order chi connectivity index (χ0) is 97.9. The Morgan fingerprint density at radius 1 is 0.149 bits per heavy atom. The maximum Gasteiger partial charge on any atom is 0.271 e. The van der Waals surface area contributed by atoms with Gasteiger partial charge in [0.25, 0.3) is 31.5 Å². The van der Waals surface area contributed by atoms with E-state index < -0.39 is 31.5 Å². The highest BCUT2D eigenvalue weighted by Gasteiger charge is 2.27. The first-order valence-corrected chi connectivity index (χ1v) is 47.2. The van der Waals surface area contributed by atoms with Gasteiger partial charge in [0.15, 0.2) is 0 Å². The van der Waals surface area contributed by atoms with Gasteiger partial charge in [-0.2, -0.15) is 0 Å². The van der Waals surface area contributed by atoms with Crippen LogP contribution in [0.4, 0.5) is 0 Å². The van der Waals surface area contributed by atoms with Crippen LogP contribution in [0.5, 0.6) is 74.7 Å². The van der Waals surface area contributed by atoms with Crippen molar-refractivity contribution in [1.82, 2.24) is 0 Å². The Hall–Kier alpha value is -16.9.